The molecule has 0 spiro atoms. The molecule has 0 radical (unpaired) electrons. The minimum atomic E-state index is 0.0499. The second-order valence-electron chi connectivity index (χ2n) is 8.33. The molecule has 1 aromatic carbocycles. The van der Waals surface area contributed by atoms with E-state index in [2.05, 4.69) is 33.8 Å². The third kappa shape index (κ3) is 3.83. The van der Waals surface area contributed by atoms with Crippen molar-refractivity contribution in [1.82, 2.24) is 14.2 Å². The average molecular weight is 396 g/mol. The standard InChI is InChI=1S/C24H33N3O2/c1-8-18(9-2)21-13-17(6)27-22(21)24(28)26(14-15(3)4)23(25-27)20-11-10-19(29-7)12-16(20)5/h10-13,15,18H,8-9,14H2,1-7H3. The first-order chi connectivity index (χ1) is 13.8. The molecular formula is C24H33N3O2. The number of ether oxygens (including phenoxy) is 1. The summed E-state index contributed by atoms with van der Waals surface area (Å²) in [4.78, 5) is 13.7. The Kier molecular flexibility index (Phi) is 6.15. The Bertz CT molecular complexity index is 1070. The molecule has 3 aromatic rings. The second kappa shape index (κ2) is 8.44. The molecule has 0 bridgehead atoms. The number of nitrogens with zero attached hydrogens (tertiary/aromatic N) is 3. The van der Waals surface area contributed by atoms with Gasteiger partial charge in [0.2, 0.25) is 0 Å². The maximum absolute atomic E-state index is 13.7. The molecule has 0 aliphatic rings. The van der Waals surface area contributed by atoms with E-state index in [4.69, 9.17) is 9.84 Å². The van der Waals surface area contributed by atoms with Crippen LogP contribution in [-0.4, -0.2) is 21.3 Å². The van der Waals surface area contributed by atoms with E-state index in [0.29, 0.717) is 24.2 Å². The first-order valence-electron chi connectivity index (χ1n) is 10.6. The fraction of sp³-hybridized carbons (Fsp3) is 0.500. The van der Waals surface area contributed by atoms with Crippen LogP contribution >= 0.6 is 0 Å². The fourth-order valence-corrected chi connectivity index (χ4v) is 4.16. The molecule has 0 aliphatic heterocycles. The van der Waals surface area contributed by atoms with Crippen LogP contribution in [0.25, 0.3) is 16.9 Å². The van der Waals surface area contributed by atoms with Crippen LogP contribution in [0, 0.1) is 19.8 Å². The van der Waals surface area contributed by atoms with E-state index >= 15 is 0 Å². The Morgan fingerprint density at radius 2 is 1.79 bits per heavy atom. The Morgan fingerprint density at radius 1 is 1.10 bits per heavy atom. The van der Waals surface area contributed by atoms with Crippen LogP contribution < -0.4 is 10.3 Å². The Balaban J connectivity index is 2.36. The number of hydrogen-bond acceptors (Lipinski definition) is 3. The molecule has 0 saturated heterocycles. The molecule has 2 aromatic heterocycles. The summed E-state index contributed by atoms with van der Waals surface area (Å²) in [6.07, 6.45) is 2.02. The molecule has 0 fully saturated rings. The summed E-state index contributed by atoms with van der Waals surface area (Å²) in [5.74, 6) is 2.22. The van der Waals surface area contributed by atoms with Gasteiger partial charge in [0.1, 0.15) is 11.3 Å². The molecule has 0 saturated carbocycles. The highest BCUT2D eigenvalue weighted by Crippen LogP contribution is 2.30. The van der Waals surface area contributed by atoms with Crippen molar-refractivity contribution >= 4 is 5.52 Å². The van der Waals surface area contributed by atoms with Gasteiger partial charge < -0.3 is 4.74 Å². The quantitative estimate of drug-likeness (QED) is 0.542. The highest BCUT2D eigenvalue weighted by atomic mass is 16.5. The second-order valence-corrected chi connectivity index (χ2v) is 8.33. The van der Waals surface area contributed by atoms with Crippen molar-refractivity contribution in [3.8, 4) is 17.1 Å². The van der Waals surface area contributed by atoms with Crippen molar-refractivity contribution in [2.75, 3.05) is 7.11 Å². The molecule has 0 atom stereocenters. The van der Waals surface area contributed by atoms with E-state index in [0.717, 1.165) is 46.5 Å². The van der Waals surface area contributed by atoms with Gasteiger partial charge in [0.05, 0.1) is 7.11 Å². The number of aryl methyl sites for hydroxylation is 2. The molecule has 0 amide bonds. The zero-order chi connectivity index (χ0) is 21.3. The van der Waals surface area contributed by atoms with Crippen molar-refractivity contribution < 1.29 is 4.74 Å². The van der Waals surface area contributed by atoms with E-state index in [1.165, 1.54) is 0 Å². The summed E-state index contributed by atoms with van der Waals surface area (Å²) in [7, 11) is 1.66. The molecule has 5 nitrogen and oxygen atoms in total. The summed E-state index contributed by atoms with van der Waals surface area (Å²) in [5.41, 5.74) is 4.91. The van der Waals surface area contributed by atoms with Gasteiger partial charge in [0.15, 0.2) is 5.82 Å². The van der Waals surface area contributed by atoms with Crippen molar-refractivity contribution in [1.29, 1.82) is 0 Å². The average Bonchev–Trinajstić information content (AvgIpc) is 3.01. The molecular weight excluding hydrogens is 362 g/mol. The number of aromatic nitrogens is 3. The number of methoxy groups -OCH3 is 1. The van der Waals surface area contributed by atoms with Gasteiger partial charge in [-0.05, 0) is 73.9 Å². The number of benzene rings is 1. The topological polar surface area (TPSA) is 48.5 Å². The minimum absolute atomic E-state index is 0.0499. The molecule has 2 heterocycles. The normalized spacial score (nSPS) is 11.8. The summed E-state index contributed by atoms with van der Waals surface area (Å²) in [6.45, 7) is 13.3. The van der Waals surface area contributed by atoms with Gasteiger partial charge in [0.25, 0.3) is 5.56 Å². The largest absolute Gasteiger partial charge is 0.497 e. The SMILES string of the molecule is CCC(CC)c1cc(C)n2nc(-c3ccc(OC)cc3C)n(CC(C)C)c(=O)c12. The number of hydrogen-bond donors (Lipinski definition) is 0. The lowest BCUT2D eigenvalue weighted by Gasteiger charge is -2.18. The molecule has 5 heteroatoms. The summed E-state index contributed by atoms with van der Waals surface area (Å²) in [5, 5.41) is 4.99. The molecule has 156 valence electrons. The lowest BCUT2D eigenvalue weighted by atomic mass is 9.95. The van der Waals surface area contributed by atoms with Crippen LogP contribution in [0.3, 0.4) is 0 Å². The van der Waals surface area contributed by atoms with E-state index in [1.54, 1.807) is 7.11 Å². The Morgan fingerprint density at radius 3 is 2.34 bits per heavy atom. The van der Waals surface area contributed by atoms with Gasteiger partial charge in [-0.15, -0.1) is 5.10 Å². The summed E-state index contributed by atoms with van der Waals surface area (Å²) < 4.78 is 9.07. The Hall–Kier alpha value is -2.56. The van der Waals surface area contributed by atoms with E-state index in [-0.39, 0.29) is 5.56 Å². The predicted molar refractivity (Wildman–Crippen MR) is 119 cm³/mol. The number of fused-ring (bicyclic) bond motifs is 1. The monoisotopic (exact) mass is 395 g/mol. The lowest BCUT2D eigenvalue weighted by molar-refractivity contribution is 0.414. The zero-order valence-electron chi connectivity index (χ0n) is 18.7. The molecule has 29 heavy (non-hydrogen) atoms. The van der Waals surface area contributed by atoms with Gasteiger partial charge in [-0.2, -0.15) is 0 Å². The van der Waals surface area contributed by atoms with Gasteiger partial charge in [-0.3, -0.25) is 9.36 Å². The van der Waals surface area contributed by atoms with Crippen molar-refractivity contribution in [3.63, 3.8) is 0 Å². The van der Waals surface area contributed by atoms with Gasteiger partial charge in [-0.1, -0.05) is 27.7 Å². The van der Waals surface area contributed by atoms with Crippen molar-refractivity contribution in [3.05, 3.63) is 51.4 Å². The highest BCUT2D eigenvalue weighted by molar-refractivity contribution is 5.65. The summed E-state index contributed by atoms with van der Waals surface area (Å²) >= 11 is 0. The molecule has 3 rings (SSSR count). The van der Waals surface area contributed by atoms with E-state index in [9.17, 15) is 4.79 Å². The minimum Gasteiger partial charge on any atom is -0.497 e. The van der Waals surface area contributed by atoms with Gasteiger partial charge >= 0.3 is 0 Å². The smallest absolute Gasteiger partial charge is 0.278 e. The van der Waals surface area contributed by atoms with Crippen LogP contribution in [-0.2, 0) is 6.54 Å². The Labute approximate surface area is 173 Å². The van der Waals surface area contributed by atoms with Gasteiger partial charge in [-0.25, -0.2) is 4.52 Å². The summed E-state index contributed by atoms with van der Waals surface area (Å²) in [6, 6.07) is 8.06. The molecule has 0 unspecified atom stereocenters. The molecule has 0 N–H and O–H groups in total. The fourth-order valence-electron chi connectivity index (χ4n) is 4.16. The third-order valence-electron chi connectivity index (χ3n) is 5.73. The van der Waals surface area contributed by atoms with Crippen LogP contribution in [0.5, 0.6) is 5.75 Å². The number of rotatable bonds is 7. The maximum Gasteiger partial charge on any atom is 0.278 e. The molecule has 0 aliphatic carbocycles. The first-order valence-corrected chi connectivity index (χ1v) is 10.6. The maximum atomic E-state index is 13.7. The first kappa shape index (κ1) is 21.2. The lowest BCUT2D eigenvalue weighted by Crippen LogP contribution is -2.28. The predicted octanol–water partition coefficient (Wildman–Crippen LogP) is 5.35. The van der Waals surface area contributed by atoms with E-state index < -0.39 is 0 Å². The zero-order valence-corrected chi connectivity index (χ0v) is 18.7. The third-order valence-corrected chi connectivity index (χ3v) is 5.73. The van der Waals surface area contributed by atoms with Crippen LogP contribution in [0.15, 0.2) is 29.1 Å². The highest BCUT2D eigenvalue weighted by Gasteiger charge is 2.22. The van der Waals surface area contributed by atoms with Crippen molar-refractivity contribution in [2.45, 2.75) is 66.8 Å². The van der Waals surface area contributed by atoms with Crippen LogP contribution in [0.2, 0.25) is 0 Å². The van der Waals surface area contributed by atoms with Crippen molar-refractivity contribution in [2.24, 2.45) is 5.92 Å². The van der Waals surface area contributed by atoms with Crippen LogP contribution in [0.1, 0.15) is 63.3 Å². The van der Waals surface area contributed by atoms with E-state index in [1.807, 2.05) is 41.1 Å². The van der Waals surface area contributed by atoms with Gasteiger partial charge in [0, 0.05) is 17.8 Å². The van der Waals surface area contributed by atoms with Crippen LogP contribution in [0.4, 0.5) is 0 Å².